The SMILES string of the molecule is Cc1ccc(NC(=O)CCCCc2ccncc2)cc1. The third-order valence-electron chi connectivity index (χ3n) is 3.20. The van der Waals surface area contributed by atoms with E-state index >= 15 is 0 Å². The van der Waals surface area contributed by atoms with Gasteiger partial charge >= 0.3 is 0 Å². The first-order chi connectivity index (χ1) is 9.74. The van der Waals surface area contributed by atoms with Crippen LogP contribution in [0.15, 0.2) is 48.8 Å². The van der Waals surface area contributed by atoms with E-state index in [2.05, 4.69) is 10.3 Å². The Morgan fingerprint density at radius 2 is 1.75 bits per heavy atom. The molecule has 104 valence electrons. The molecule has 1 aromatic heterocycles. The number of aryl methyl sites for hydroxylation is 2. The lowest BCUT2D eigenvalue weighted by Gasteiger charge is -2.05. The summed E-state index contributed by atoms with van der Waals surface area (Å²) in [7, 11) is 0. The van der Waals surface area contributed by atoms with E-state index in [0.717, 1.165) is 24.9 Å². The number of aromatic nitrogens is 1. The average Bonchev–Trinajstić information content (AvgIpc) is 2.47. The van der Waals surface area contributed by atoms with E-state index in [-0.39, 0.29) is 5.91 Å². The summed E-state index contributed by atoms with van der Waals surface area (Å²) >= 11 is 0. The van der Waals surface area contributed by atoms with Crippen LogP contribution in [0, 0.1) is 6.92 Å². The first kappa shape index (κ1) is 14.3. The van der Waals surface area contributed by atoms with Crippen LogP contribution in [0.1, 0.15) is 30.4 Å². The van der Waals surface area contributed by atoms with Crippen LogP contribution in [0.3, 0.4) is 0 Å². The Bertz CT molecular complexity index is 535. The van der Waals surface area contributed by atoms with Crippen LogP contribution in [0.4, 0.5) is 5.69 Å². The largest absolute Gasteiger partial charge is 0.326 e. The number of pyridine rings is 1. The number of nitrogens with zero attached hydrogens (tertiary/aromatic N) is 1. The van der Waals surface area contributed by atoms with Crippen molar-refractivity contribution in [2.45, 2.75) is 32.6 Å². The molecule has 0 radical (unpaired) electrons. The second kappa shape index (κ2) is 7.43. The van der Waals surface area contributed by atoms with Crippen molar-refractivity contribution in [3.05, 3.63) is 59.9 Å². The molecule has 0 saturated heterocycles. The van der Waals surface area contributed by atoms with Gasteiger partial charge in [0.1, 0.15) is 0 Å². The number of benzene rings is 1. The molecule has 0 atom stereocenters. The maximum atomic E-state index is 11.8. The Balaban J connectivity index is 1.66. The van der Waals surface area contributed by atoms with Crippen molar-refractivity contribution in [1.29, 1.82) is 0 Å². The van der Waals surface area contributed by atoms with E-state index in [9.17, 15) is 4.79 Å². The Morgan fingerprint density at radius 1 is 1.05 bits per heavy atom. The Morgan fingerprint density at radius 3 is 2.45 bits per heavy atom. The predicted octanol–water partition coefficient (Wildman–Crippen LogP) is 3.74. The normalized spacial score (nSPS) is 10.2. The van der Waals surface area contributed by atoms with Crippen molar-refractivity contribution in [3.63, 3.8) is 0 Å². The molecule has 20 heavy (non-hydrogen) atoms. The molecule has 0 saturated carbocycles. The van der Waals surface area contributed by atoms with Gasteiger partial charge < -0.3 is 5.32 Å². The highest BCUT2D eigenvalue weighted by Crippen LogP contribution is 2.10. The molecule has 1 N–H and O–H groups in total. The average molecular weight is 268 g/mol. The topological polar surface area (TPSA) is 42.0 Å². The van der Waals surface area contributed by atoms with Gasteiger partial charge in [0.15, 0.2) is 0 Å². The summed E-state index contributed by atoms with van der Waals surface area (Å²) in [6.07, 6.45) is 7.10. The molecule has 0 aliphatic heterocycles. The number of hydrogen-bond acceptors (Lipinski definition) is 2. The van der Waals surface area contributed by atoms with E-state index < -0.39 is 0 Å². The number of carbonyl (C=O) groups is 1. The van der Waals surface area contributed by atoms with Gasteiger partial charge in [-0.15, -0.1) is 0 Å². The minimum Gasteiger partial charge on any atom is -0.326 e. The van der Waals surface area contributed by atoms with E-state index in [1.165, 1.54) is 11.1 Å². The fraction of sp³-hybridized carbons (Fsp3) is 0.294. The van der Waals surface area contributed by atoms with Crippen LogP contribution < -0.4 is 5.32 Å². The van der Waals surface area contributed by atoms with Crippen molar-refractivity contribution in [2.24, 2.45) is 0 Å². The molecule has 1 heterocycles. The third-order valence-corrected chi connectivity index (χ3v) is 3.20. The number of carbonyl (C=O) groups excluding carboxylic acids is 1. The minimum atomic E-state index is 0.0866. The number of nitrogens with one attached hydrogen (secondary N) is 1. The lowest BCUT2D eigenvalue weighted by molar-refractivity contribution is -0.116. The van der Waals surface area contributed by atoms with Crippen LogP contribution in [0.5, 0.6) is 0 Å². The fourth-order valence-corrected chi connectivity index (χ4v) is 2.02. The molecule has 0 aliphatic carbocycles. The van der Waals surface area contributed by atoms with Gasteiger partial charge in [-0.3, -0.25) is 9.78 Å². The fourth-order valence-electron chi connectivity index (χ4n) is 2.02. The van der Waals surface area contributed by atoms with Gasteiger partial charge in [0.05, 0.1) is 0 Å². The monoisotopic (exact) mass is 268 g/mol. The zero-order valence-electron chi connectivity index (χ0n) is 11.8. The molecule has 0 unspecified atom stereocenters. The highest BCUT2D eigenvalue weighted by atomic mass is 16.1. The number of rotatable bonds is 6. The smallest absolute Gasteiger partial charge is 0.224 e. The van der Waals surface area contributed by atoms with Gasteiger partial charge in [0.2, 0.25) is 5.91 Å². The quantitative estimate of drug-likeness (QED) is 0.811. The summed E-state index contributed by atoms with van der Waals surface area (Å²) in [5.41, 5.74) is 3.34. The third kappa shape index (κ3) is 4.84. The first-order valence-corrected chi connectivity index (χ1v) is 6.99. The van der Waals surface area contributed by atoms with Crippen LogP contribution in [-0.4, -0.2) is 10.9 Å². The molecule has 2 aromatic rings. The molecule has 3 nitrogen and oxygen atoms in total. The lowest BCUT2D eigenvalue weighted by atomic mass is 10.1. The molecule has 3 heteroatoms. The molecule has 1 aromatic carbocycles. The number of anilines is 1. The number of amides is 1. The van der Waals surface area contributed by atoms with Crippen LogP contribution in [0.2, 0.25) is 0 Å². The van der Waals surface area contributed by atoms with E-state index in [0.29, 0.717) is 6.42 Å². The molecule has 0 bridgehead atoms. The summed E-state index contributed by atoms with van der Waals surface area (Å²) in [4.78, 5) is 15.8. The molecule has 2 rings (SSSR count). The van der Waals surface area contributed by atoms with Gasteiger partial charge in [0.25, 0.3) is 0 Å². The summed E-state index contributed by atoms with van der Waals surface area (Å²) in [6.45, 7) is 2.03. The van der Waals surface area contributed by atoms with Gasteiger partial charge in [0, 0.05) is 24.5 Å². The van der Waals surface area contributed by atoms with Gasteiger partial charge in [-0.2, -0.15) is 0 Å². The first-order valence-electron chi connectivity index (χ1n) is 6.99. The summed E-state index contributed by atoms with van der Waals surface area (Å²) in [5, 5.41) is 2.92. The van der Waals surface area contributed by atoms with Crippen molar-refractivity contribution in [3.8, 4) is 0 Å². The summed E-state index contributed by atoms with van der Waals surface area (Å²) < 4.78 is 0. The molecule has 0 fully saturated rings. The molecule has 0 aliphatic rings. The molecular formula is C17H20N2O. The maximum Gasteiger partial charge on any atom is 0.224 e. The Kier molecular flexibility index (Phi) is 5.30. The highest BCUT2D eigenvalue weighted by molar-refractivity contribution is 5.90. The molecular weight excluding hydrogens is 248 g/mol. The second-order valence-electron chi connectivity index (χ2n) is 4.98. The second-order valence-corrected chi connectivity index (χ2v) is 4.98. The number of hydrogen-bond donors (Lipinski definition) is 1. The zero-order valence-corrected chi connectivity index (χ0v) is 11.8. The Hall–Kier alpha value is -2.16. The van der Waals surface area contributed by atoms with Crippen molar-refractivity contribution in [1.82, 2.24) is 4.98 Å². The van der Waals surface area contributed by atoms with Crippen molar-refractivity contribution >= 4 is 11.6 Å². The van der Waals surface area contributed by atoms with Crippen LogP contribution >= 0.6 is 0 Å². The van der Waals surface area contributed by atoms with E-state index in [1.807, 2.05) is 43.3 Å². The van der Waals surface area contributed by atoms with Crippen LogP contribution in [-0.2, 0) is 11.2 Å². The van der Waals surface area contributed by atoms with Crippen LogP contribution in [0.25, 0.3) is 0 Å². The van der Waals surface area contributed by atoms with Gasteiger partial charge in [-0.1, -0.05) is 17.7 Å². The summed E-state index contributed by atoms with van der Waals surface area (Å²) in [6, 6.07) is 11.9. The molecule has 1 amide bonds. The number of unbranched alkanes of at least 4 members (excludes halogenated alkanes) is 1. The maximum absolute atomic E-state index is 11.8. The van der Waals surface area contributed by atoms with E-state index in [4.69, 9.17) is 0 Å². The zero-order chi connectivity index (χ0) is 14.2. The minimum absolute atomic E-state index is 0.0866. The standard InChI is InChI=1S/C17H20N2O/c1-14-6-8-16(9-7-14)19-17(20)5-3-2-4-15-10-12-18-13-11-15/h6-13H,2-5H2,1H3,(H,19,20). The lowest BCUT2D eigenvalue weighted by Crippen LogP contribution is -2.11. The summed E-state index contributed by atoms with van der Waals surface area (Å²) in [5.74, 6) is 0.0866. The predicted molar refractivity (Wildman–Crippen MR) is 81.6 cm³/mol. The highest BCUT2D eigenvalue weighted by Gasteiger charge is 2.02. The van der Waals surface area contributed by atoms with E-state index in [1.54, 1.807) is 12.4 Å². The van der Waals surface area contributed by atoms with Crippen molar-refractivity contribution < 1.29 is 4.79 Å². The van der Waals surface area contributed by atoms with Gasteiger partial charge in [-0.05, 0) is 56.0 Å². The molecule has 0 spiro atoms. The van der Waals surface area contributed by atoms with Crippen molar-refractivity contribution in [2.75, 3.05) is 5.32 Å². The Labute approximate surface area is 120 Å². The van der Waals surface area contributed by atoms with Gasteiger partial charge in [-0.25, -0.2) is 0 Å².